The number of hydrogen-bond acceptors (Lipinski definition) is 3. The van der Waals surface area contributed by atoms with Gasteiger partial charge in [-0.25, -0.2) is 8.42 Å². The first-order chi connectivity index (χ1) is 9.40. The van der Waals surface area contributed by atoms with E-state index in [1.54, 1.807) is 12.1 Å². The summed E-state index contributed by atoms with van der Waals surface area (Å²) >= 11 is 0. The largest absolute Gasteiger partial charge is 0.323 e. The van der Waals surface area contributed by atoms with E-state index in [1.165, 1.54) is 0 Å². The highest BCUT2D eigenvalue weighted by Gasteiger charge is 2.20. The first-order valence-corrected chi connectivity index (χ1v) is 8.16. The summed E-state index contributed by atoms with van der Waals surface area (Å²) in [5.74, 6) is -0.0838. The summed E-state index contributed by atoms with van der Waals surface area (Å²) in [6, 6.07) is 14.0. The van der Waals surface area contributed by atoms with Gasteiger partial charge in [0.25, 0.3) is 0 Å². The maximum atomic E-state index is 12.4. The smallest absolute Gasteiger partial charge is 0.180 e. The van der Waals surface area contributed by atoms with Crippen molar-refractivity contribution < 1.29 is 8.42 Å². The molecule has 0 amide bonds. The molecule has 106 valence electrons. The Balaban J connectivity index is 2.25. The molecule has 0 aliphatic rings. The molecule has 20 heavy (non-hydrogen) atoms. The highest BCUT2D eigenvalue weighted by atomic mass is 32.2. The second-order valence-corrected chi connectivity index (χ2v) is 7.08. The van der Waals surface area contributed by atoms with E-state index in [-0.39, 0.29) is 5.75 Å². The molecule has 0 radical (unpaired) electrons. The van der Waals surface area contributed by atoms with Crippen LogP contribution in [0.25, 0.3) is 0 Å². The lowest BCUT2D eigenvalue weighted by Gasteiger charge is -2.13. The Labute approximate surface area is 120 Å². The van der Waals surface area contributed by atoms with Crippen molar-refractivity contribution in [3.63, 3.8) is 0 Å². The fraction of sp³-hybridized carbons (Fsp3) is 0.250. The van der Waals surface area contributed by atoms with Gasteiger partial charge >= 0.3 is 0 Å². The monoisotopic (exact) mass is 289 g/mol. The van der Waals surface area contributed by atoms with Gasteiger partial charge in [-0.1, -0.05) is 36.4 Å². The zero-order valence-electron chi connectivity index (χ0n) is 11.7. The van der Waals surface area contributed by atoms with Gasteiger partial charge in [0.15, 0.2) is 9.84 Å². The SMILES string of the molecule is Cc1ccc(S(=O)(=O)CC(N)c2ccccc2)cc1C. The van der Waals surface area contributed by atoms with Crippen LogP contribution < -0.4 is 5.73 Å². The quantitative estimate of drug-likeness (QED) is 0.941. The summed E-state index contributed by atoms with van der Waals surface area (Å²) in [5.41, 5.74) is 8.89. The molecule has 3 nitrogen and oxygen atoms in total. The van der Waals surface area contributed by atoms with Gasteiger partial charge in [0.1, 0.15) is 0 Å². The van der Waals surface area contributed by atoms with Crippen LogP contribution >= 0.6 is 0 Å². The van der Waals surface area contributed by atoms with Crippen LogP contribution in [0.4, 0.5) is 0 Å². The lowest BCUT2D eigenvalue weighted by Crippen LogP contribution is -2.22. The number of hydrogen-bond donors (Lipinski definition) is 1. The van der Waals surface area contributed by atoms with Crippen molar-refractivity contribution in [1.29, 1.82) is 0 Å². The van der Waals surface area contributed by atoms with E-state index in [1.807, 2.05) is 50.2 Å². The molecule has 0 fully saturated rings. The Morgan fingerprint density at radius 1 is 1.00 bits per heavy atom. The predicted molar refractivity (Wildman–Crippen MR) is 81.3 cm³/mol. The van der Waals surface area contributed by atoms with Gasteiger partial charge in [-0.05, 0) is 42.7 Å². The minimum Gasteiger partial charge on any atom is -0.323 e. The number of nitrogens with two attached hydrogens (primary N) is 1. The third kappa shape index (κ3) is 3.26. The highest BCUT2D eigenvalue weighted by molar-refractivity contribution is 7.91. The van der Waals surface area contributed by atoms with E-state index < -0.39 is 15.9 Å². The molecule has 0 aromatic heterocycles. The molecule has 1 atom stereocenters. The standard InChI is InChI=1S/C16H19NO2S/c1-12-8-9-15(10-13(12)2)20(18,19)11-16(17)14-6-4-3-5-7-14/h3-10,16H,11,17H2,1-2H3. The summed E-state index contributed by atoms with van der Waals surface area (Å²) in [6.07, 6.45) is 0. The van der Waals surface area contributed by atoms with Crippen LogP contribution in [-0.4, -0.2) is 14.2 Å². The van der Waals surface area contributed by atoms with Crippen LogP contribution in [0.15, 0.2) is 53.4 Å². The van der Waals surface area contributed by atoms with E-state index >= 15 is 0 Å². The lowest BCUT2D eigenvalue weighted by atomic mass is 10.1. The Morgan fingerprint density at radius 2 is 1.65 bits per heavy atom. The van der Waals surface area contributed by atoms with Gasteiger partial charge in [0.2, 0.25) is 0 Å². The molecular formula is C16H19NO2S. The molecule has 2 rings (SSSR count). The fourth-order valence-electron chi connectivity index (χ4n) is 2.04. The average molecular weight is 289 g/mol. The Bertz CT molecular complexity index is 694. The van der Waals surface area contributed by atoms with Gasteiger partial charge in [-0.3, -0.25) is 0 Å². The van der Waals surface area contributed by atoms with Crippen molar-refractivity contribution in [1.82, 2.24) is 0 Å². The summed E-state index contributed by atoms with van der Waals surface area (Å²) < 4.78 is 24.8. The molecular weight excluding hydrogens is 270 g/mol. The van der Waals surface area contributed by atoms with Gasteiger partial charge in [0, 0.05) is 6.04 Å². The van der Waals surface area contributed by atoms with Crippen LogP contribution in [0.3, 0.4) is 0 Å². The Kier molecular flexibility index (Phi) is 4.26. The minimum absolute atomic E-state index is 0.0838. The second kappa shape index (κ2) is 5.77. The van der Waals surface area contributed by atoms with E-state index in [0.717, 1.165) is 16.7 Å². The molecule has 0 saturated carbocycles. The molecule has 4 heteroatoms. The van der Waals surface area contributed by atoms with Crippen LogP contribution in [0.2, 0.25) is 0 Å². The van der Waals surface area contributed by atoms with Crippen molar-refractivity contribution in [2.45, 2.75) is 24.8 Å². The summed E-state index contributed by atoms with van der Waals surface area (Å²) in [7, 11) is -3.37. The lowest BCUT2D eigenvalue weighted by molar-refractivity contribution is 0.589. The molecule has 2 N–H and O–H groups in total. The van der Waals surface area contributed by atoms with Crippen LogP contribution in [-0.2, 0) is 9.84 Å². The number of aryl methyl sites for hydroxylation is 2. The molecule has 0 bridgehead atoms. The van der Waals surface area contributed by atoms with Crippen molar-refractivity contribution >= 4 is 9.84 Å². The van der Waals surface area contributed by atoms with Gasteiger partial charge in [-0.15, -0.1) is 0 Å². The Hall–Kier alpha value is -1.65. The number of benzene rings is 2. The minimum atomic E-state index is -3.37. The first kappa shape index (κ1) is 14.8. The van der Waals surface area contributed by atoms with Gasteiger partial charge < -0.3 is 5.73 Å². The predicted octanol–water partition coefficient (Wildman–Crippen LogP) is 2.78. The second-order valence-electron chi connectivity index (χ2n) is 5.04. The van der Waals surface area contributed by atoms with Crippen molar-refractivity contribution in [2.24, 2.45) is 5.73 Å². The third-order valence-corrected chi connectivity index (χ3v) is 5.23. The number of sulfone groups is 1. The zero-order valence-corrected chi connectivity index (χ0v) is 12.5. The number of rotatable bonds is 4. The summed E-state index contributed by atoms with van der Waals surface area (Å²) in [6.45, 7) is 3.87. The third-order valence-electron chi connectivity index (χ3n) is 3.46. The van der Waals surface area contributed by atoms with E-state index in [0.29, 0.717) is 4.90 Å². The molecule has 1 unspecified atom stereocenters. The fourth-order valence-corrected chi connectivity index (χ4v) is 3.53. The van der Waals surface area contributed by atoms with Crippen molar-refractivity contribution in [2.75, 3.05) is 5.75 Å². The van der Waals surface area contributed by atoms with Crippen molar-refractivity contribution in [3.05, 3.63) is 65.2 Å². The van der Waals surface area contributed by atoms with E-state index in [4.69, 9.17) is 5.73 Å². The maximum Gasteiger partial charge on any atom is 0.180 e. The topological polar surface area (TPSA) is 60.2 Å². The normalized spacial score (nSPS) is 13.2. The van der Waals surface area contributed by atoms with Gasteiger partial charge in [-0.2, -0.15) is 0 Å². The molecule has 0 aliphatic carbocycles. The molecule has 2 aromatic carbocycles. The van der Waals surface area contributed by atoms with E-state index in [2.05, 4.69) is 0 Å². The van der Waals surface area contributed by atoms with Crippen LogP contribution in [0.5, 0.6) is 0 Å². The molecule has 2 aromatic rings. The molecule has 0 spiro atoms. The highest BCUT2D eigenvalue weighted by Crippen LogP contribution is 2.20. The summed E-state index contributed by atoms with van der Waals surface area (Å²) in [5, 5.41) is 0. The average Bonchev–Trinajstić information content (AvgIpc) is 2.42. The molecule has 0 aliphatic heterocycles. The zero-order chi connectivity index (χ0) is 14.8. The van der Waals surface area contributed by atoms with Gasteiger partial charge in [0.05, 0.1) is 10.6 Å². The van der Waals surface area contributed by atoms with Crippen molar-refractivity contribution in [3.8, 4) is 0 Å². The molecule has 0 heterocycles. The Morgan fingerprint density at radius 3 is 2.25 bits per heavy atom. The maximum absolute atomic E-state index is 12.4. The molecule has 0 saturated heterocycles. The van der Waals surface area contributed by atoms with Crippen LogP contribution in [0, 0.1) is 13.8 Å². The first-order valence-electron chi connectivity index (χ1n) is 6.51. The van der Waals surface area contributed by atoms with Crippen LogP contribution in [0.1, 0.15) is 22.7 Å². The van der Waals surface area contributed by atoms with E-state index in [9.17, 15) is 8.42 Å². The summed E-state index contributed by atoms with van der Waals surface area (Å²) in [4.78, 5) is 0.340.